The third kappa shape index (κ3) is 5.90. The number of benzene rings is 10. The van der Waals surface area contributed by atoms with Gasteiger partial charge >= 0.3 is 0 Å². The molecule has 0 radical (unpaired) electrons. The Hall–Kier alpha value is -8.14. The summed E-state index contributed by atoms with van der Waals surface area (Å²) in [6.45, 7) is 0. The molecule has 0 bridgehead atoms. The summed E-state index contributed by atoms with van der Waals surface area (Å²) in [5.74, 6) is 0. The number of furan rings is 2. The van der Waals surface area contributed by atoms with Gasteiger partial charge in [-0.1, -0.05) is 176 Å². The van der Waals surface area contributed by atoms with Gasteiger partial charge in [0.25, 0.3) is 0 Å². The molecule has 0 aliphatic heterocycles. The molecule has 10 aromatic carbocycles. The lowest BCUT2D eigenvalue weighted by atomic mass is 9.93. The molecule has 0 saturated carbocycles. The van der Waals surface area contributed by atoms with Gasteiger partial charge in [0.2, 0.25) is 0 Å². The Bertz CT molecular complexity index is 3570. The van der Waals surface area contributed by atoms with Crippen molar-refractivity contribution in [3.63, 3.8) is 0 Å². The van der Waals surface area contributed by atoms with Gasteiger partial charge in [0.05, 0.1) is 5.69 Å². The maximum Gasteiger partial charge on any atom is 0.159 e. The first-order valence-electron chi connectivity index (χ1n) is 20.7. The van der Waals surface area contributed by atoms with E-state index < -0.39 is 0 Å². The van der Waals surface area contributed by atoms with E-state index in [1.807, 2.05) is 12.1 Å². The molecule has 0 fully saturated rings. The van der Waals surface area contributed by atoms with Crippen molar-refractivity contribution in [2.45, 2.75) is 0 Å². The summed E-state index contributed by atoms with van der Waals surface area (Å²) < 4.78 is 13.9. The number of nitrogens with zero attached hydrogens (tertiary/aromatic N) is 1. The minimum Gasteiger partial charge on any atom is -0.455 e. The smallest absolute Gasteiger partial charge is 0.159 e. The van der Waals surface area contributed by atoms with Crippen LogP contribution in [-0.2, 0) is 0 Å². The van der Waals surface area contributed by atoms with E-state index >= 15 is 0 Å². The van der Waals surface area contributed by atoms with Crippen LogP contribution in [0.3, 0.4) is 0 Å². The van der Waals surface area contributed by atoms with Crippen molar-refractivity contribution < 1.29 is 8.83 Å². The minimum absolute atomic E-state index is 0.834. The fourth-order valence-electron chi connectivity index (χ4n) is 9.15. The van der Waals surface area contributed by atoms with E-state index in [0.717, 1.165) is 99.5 Å². The summed E-state index contributed by atoms with van der Waals surface area (Å²) in [7, 11) is 0. The topological polar surface area (TPSA) is 29.5 Å². The molecule has 0 unspecified atom stereocenters. The Kier molecular flexibility index (Phi) is 8.17. The second-order valence-corrected chi connectivity index (χ2v) is 15.6. The Balaban J connectivity index is 1.15. The molecule has 286 valence electrons. The van der Waals surface area contributed by atoms with Crippen molar-refractivity contribution in [3.8, 4) is 44.5 Å². The normalized spacial score (nSPS) is 11.6. The third-order valence-electron chi connectivity index (χ3n) is 12.0. The van der Waals surface area contributed by atoms with Gasteiger partial charge in [-0.3, -0.25) is 0 Å². The van der Waals surface area contributed by atoms with E-state index in [4.69, 9.17) is 8.83 Å². The van der Waals surface area contributed by atoms with Crippen molar-refractivity contribution in [2.75, 3.05) is 4.90 Å². The van der Waals surface area contributed by atoms with E-state index in [0.29, 0.717) is 0 Å². The van der Waals surface area contributed by atoms with Gasteiger partial charge in [-0.15, -0.1) is 0 Å². The molecule has 61 heavy (non-hydrogen) atoms. The first-order chi connectivity index (χ1) is 30.2. The van der Waals surface area contributed by atoms with E-state index in [9.17, 15) is 0 Å². The van der Waals surface area contributed by atoms with Gasteiger partial charge in [0.1, 0.15) is 16.7 Å². The lowest BCUT2D eigenvalue weighted by Gasteiger charge is -2.26. The molecule has 0 amide bonds. The van der Waals surface area contributed by atoms with Crippen LogP contribution in [0.25, 0.3) is 99.2 Å². The SMILES string of the molecule is c1ccc(-c2ccc(N(c3cc(-c4ccccc4)c4oc5c6ccccc6c(-c6cccc(-c7ccccc7)c6)cc5c4c3)c3cccc4c3oc3ccccc34)cc2)cc1. The summed E-state index contributed by atoms with van der Waals surface area (Å²) in [4.78, 5) is 2.34. The van der Waals surface area contributed by atoms with Gasteiger partial charge in [0, 0.05) is 43.9 Å². The molecular weight excluding hydrogens is 743 g/mol. The molecule has 0 aliphatic rings. The number of hydrogen-bond acceptors (Lipinski definition) is 3. The van der Waals surface area contributed by atoms with Gasteiger partial charge in [-0.05, 0) is 92.9 Å². The predicted molar refractivity (Wildman–Crippen MR) is 255 cm³/mol. The van der Waals surface area contributed by atoms with Crippen LogP contribution in [-0.4, -0.2) is 0 Å². The van der Waals surface area contributed by atoms with Crippen LogP contribution in [0.15, 0.2) is 233 Å². The molecule has 12 aromatic rings. The van der Waals surface area contributed by atoms with Crippen LogP contribution in [0.1, 0.15) is 0 Å². The highest BCUT2D eigenvalue weighted by atomic mass is 16.3. The van der Waals surface area contributed by atoms with Gasteiger partial charge < -0.3 is 13.7 Å². The molecule has 2 aromatic heterocycles. The van der Waals surface area contributed by atoms with Crippen molar-refractivity contribution >= 4 is 71.7 Å². The quantitative estimate of drug-likeness (QED) is 0.161. The lowest BCUT2D eigenvalue weighted by molar-refractivity contribution is 0.669. The van der Waals surface area contributed by atoms with Crippen LogP contribution in [0.4, 0.5) is 17.1 Å². The second-order valence-electron chi connectivity index (χ2n) is 15.6. The largest absolute Gasteiger partial charge is 0.455 e. The lowest BCUT2D eigenvalue weighted by Crippen LogP contribution is -2.10. The van der Waals surface area contributed by atoms with Crippen molar-refractivity contribution in [2.24, 2.45) is 0 Å². The first-order valence-corrected chi connectivity index (χ1v) is 20.7. The summed E-state index contributed by atoms with van der Waals surface area (Å²) in [6.07, 6.45) is 0. The maximum atomic E-state index is 7.12. The fourth-order valence-corrected chi connectivity index (χ4v) is 9.15. The molecular formula is C58H37NO2. The highest BCUT2D eigenvalue weighted by Gasteiger charge is 2.24. The third-order valence-corrected chi connectivity index (χ3v) is 12.0. The number of anilines is 3. The van der Waals surface area contributed by atoms with Crippen LogP contribution >= 0.6 is 0 Å². The summed E-state index contributed by atoms with van der Waals surface area (Å²) >= 11 is 0. The first kappa shape index (κ1) is 34.9. The molecule has 3 nitrogen and oxygen atoms in total. The maximum absolute atomic E-state index is 7.12. The Morgan fingerprint density at radius 3 is 1.56 bits per heavy atom. The monoisotopic (exact) mass is 779 g/mol. The van der Waals surface area contributed by atoms with Crippen molar-refractivity contribution in [1.29, 1.82) is 0 Å². The molecule has 0 N–H and O–H groups in total. The van der Waals surface area contributed by atoms with Crippen molar-refractivity contribution in [1.82, 2.24) is 0 Å². The fraction of sp³-hybridized carbons (Fsp3) is 0. The molecule has 3 heteroatoms. The van der Waals surface area contributed by atoms with E-state index in [-0.39, 0.29) is 0 Å². The minimum atomic E-state index is 0.834. The van der Waals surface area contributed by atoms with Crippen molar-refractivity contribution in [3.05, 3.63) is 224 Å². The van der Waals surface area contributed by atoms with E-state index in [1.165, 1.54) is 16.7 Å². The van der Waals surface area contributed by atoms with Crippen LogP contribution in [0.5, 0.6) is 0 Å². The second kappa shape index (κ2) is 14.3. The van der Waals surface area contributed by atoms with E-state index in [1.54, 1.807) is 0 Å². The molecule has 2 heterocycles. The van der Waals surface area contributed by atoms with Gasteiger partial charge in [-0.2, -0.15) is 0 Å². The average Bonchev–Trinajstić information content (AvgIpc) is 3.91. The summed E-state index contributed by atoms with van der Waals surface area (Å²) in [5, 5.41) is 6.51. The molecule has 0 aliphatic carbocycles. The molecule has 0 saturated heterocycles. The predicted octanol–water partition coefficient (Wildman–Crippen LogP) is 16.8. The number of hydrogen-bond donors (Lipinski definition) is 0. The average molecular weight is 780 g/mol. The Labute approximate surface area is 353 Å². The standard InChI is InChI=1S/C58H37NO2/c1-4-16-38(17-5-1)40-30-32-44(33-31-40)59(54-28-15-27-49-47-25-12-13-29-55(47)60-58(49)54)45-35-51(41-20-8-3-9-21-41)57-52(36-45)53-37-50(46-24-10-11-26-48(46)56(53)61-57)43-23-14-22-42(34-43)39-18-6-2-7-19-39/h1-37H. The Morgan fingerprint density at radius 1 is 0.262 bits per heavy atom. The molecule has 12 rings (SSSR count). The zero-order valence-electron chi connectivity index (χ0n) is 33.1. The Morgan fingerprint density at radius 2 is 0.803 bits per heavy atom. The van der Waals surface area contributed by atoms with E-state index in [2.05, 4.69) is 217 Å². The van der Waals surface area contributed by atoms with Gasteiger partial charge in [-0.25, -0.2) is 0 Å². The number of para-hydroxylation sites is 2. The number of fused-ring (bicyclic) bond motifs is 8. The highest BCUT2D eigenvalue weighted by Crippen LogP contribution is 2.48. The van der Waals surface area contributed by atoms with Crippen LogP contribution in [0, 0.1) is 0 Å². The van der Waals surface area contributed by atoms with Gasteiger partial charge in [0.15, 0.2) is 5.58 Å². The number of rotatable bonds is 7. The molecule has 0 spiro atoms. The molecule has 0 atom stereocenters. The summed E-state index contributed by atoms with van der Waals surface area (Å²) in [5.41, 5.74) is 15.5. The van der Waals surface area contributed by atoms with Crippen LogP contribution < -0.4 is 4.90 Å². The van der Waals surface area contributed by atoms with Crippen LogP contribution in [0.2, 0.25) is 0 Å². The zero-order valence-corrected chi connectivity index (χ0v) is 33.1. The zero-order chi connectivity index (χ0) is 40.3. The highest BCUT2D eigenvalue weighted by molar-refractivity contribution is 6.22. The summed E-state index contributed by atoms with van der Waals surface area (Å²) in [6, 6.07) is 79.8.